The lowest BCUT2D eigenvalue weighted by atomic mass is 9.78. The first-order chi connectivity index (χ1) is 15.6. The van der Waals surface area contributed by atoms with Crippen LogP contribution in [0.2, 0.25) is 0 Å². The van der Waals surface area contributed by atoms with Crippen molar-refractivity contribution in [1.82, 2.24) is 9.97 Å². The second-order valence-electron chi connectivity index (χ2n) is 9.54. The number of fused-ring (bicyclic) bond motifs is 1. The van der Waals surface area contributed by atoms with Crippen molar-refractivity contribution in [2.75, 3.05) is 17.2 Å². The number of aromatic nitrogens is 2. The summed E-state index contributed by atoms with van der Waals surface area (Å²) in [5.74, 6) is 2.41. The first-order valence-electron chi connectivity index (χ1n) is 12.5. The topological polar surface area (TPSA) is 78.8 Å². The quantitative estimate of drug-likeness (QED) is 0.634. The first-order valence-corrected chi connectivity index (χ1v) is 12.5. The average molecular weight is 432 g/mol. The molecule has 2 aromatic rings. The number of nitrogen functional groups attached to an aromatic ring is 1. The van der Waals surface area contributed by atoms with Gasteiger partial charge in [-0.05, 0) is 68.6 Å². The highest BCUT2D eigenvalue weighted by Crippen LogP contribution is 2.40. The van der Waals surface area contributed by atoms with Gasteiger partial charge in [-0.1, -0.05) is 39.2 Å². The Morgan fingerprint density at radius 3 is 2.75 bits per heavy atom. The van der Waals surface area contributed by atoms with Gasteiger partial charge in [-0.2, -0.15) is 5.26 Å². The third kappa shape index (κ3) is 4.33. The van der Waals surface area contributed by atoms with E-state index in [0.717, 1.165) is 50.9 Å². The minimum atomic E-state index is 0.288. The van der Waals surface area contributed by atoms with E-state index in [1.807, 2.05) is 6.07 Å². The predicted octanol–water partition coefficient (Wildman–Crippen LogP) is 5.49. The van der Waals surface area contributed by atoms with Gasteiger partial charge in [0.15, 0.2) is 0 Å². The van der Waals surface area contributed by atoms with Crippen LogP contribution in [0.4, 0.5) is 11.5 Å². The highest BCUT2D eigenvalue weighted by Gasteiger charge is 2.31. The summed E-state index contributed by atoms with van der Waals surface area (Å²) in [7, 11) is 0. The zero-order chi connectivity index (χ0) is 22.7. The van der Waals surface area contributed by atoms with E-state index in [4.69, 9.17) is 15.7 Å². The smallest absolute Gasteiger partial charge is 0.136 e. The number of benzene rings is 1. The van der Waals surface area contributed by atoms with E-state index in [1.54, 1.807) is 0 Å². The maximum Gasteiger partial charge on any atom is 0.136 e. The molecule has 0 amide bonds. The van der Waals surface area contributed by atoms with Gasteiger partial charge < -0.3 is 10.6 Å². The van der Waals surface area contributed by atoms with Crippen LogP contribution in [-0.4, -0.2) is 22.6 Å². The second-order valence-corrected chi connectivity index (χ2v) is 9.54. The van der Waals surface area contributed by atoms with Gasteiger partial charge in [-0.25, -0.2) is 9.97 Å². The summed E-state index contributed by atoms with van der Waals surface area (Å²) >= 11 is 0. The number of nitrogens with two attached hydrogens (primary N) is 1. The highest BCUT2D eigenvalue weighted by molar-refractivity contribution is 5.62. The van der Waals surface area contributed by atoms with Gasteiger partial charge in [0.05, 0.1) is 11.3 Å². The molecule has 32 heavy (non-hydrogen) atoms. The van der Waals surface area contributed by atoms with Gasteiger partial charge >= 0.3 is 0 Å². The fourth-order valence-corrected chi connectivity index (χ4v) is 5.64. The molecule has 1 aliphatic carbocycles. The Bertz CT molecular complexity index is 1010. The van der Waals surface area contributed by atoms with Crippen LogP contribution in [0.5, 0.6) is 0 Å². The Morgan fingerprint density at radius 2 is 2.00 bits per heavy atom. The van der Waals surface area contributed by atoms with Gasteiger partial charge in [0.1, 0.15) is 17.7 Å². The third-order valence-electron chi connectivity index (χ3n) is 7.35. The van der Waals surface area contributed by atoms with Gasteiger partial charge in [0.25, 0.3) is 0 Å². The molecule has 5 nitrogen and oxygen atoms in total. The molecular weight excluding hydrogens is 394 g/mol. The number of hydrogen-bond donors (Lipinski definition) is 1. The van der Waals surface area contributed by atoms with E-state index in [0.29, 0.717) is 17.3 Å². The molecule has 2 aliphatic rings. The van der Waals surface area contributed by atoms with Crippen LogP contribution in [0.1, 0.15) is 99.0 Å². The van der Waals surface area contributed by atoms with E-state index in [9.17, 15) is 5.26 Å². The van der Waals surface area contributed by atoms with E-state index in [2.05, 4.69) is 37.8 Å². The van der Waals surface area contributed by atoms with Crippen LogP contribution in [0, 0.1) is 11.3 Å². The molecule has 0 saturated carbocycles. The van der Waals surface area contributed by atoms with Crippen molar-refractivity contribution in [3.8, 4) is 6.07 Å². The van der Waals surface area contributed by atoms with Gasteiger partial charge in [0, 0.05) is 30.3 Å². The maximum absolute atomic E-state index is 9.91. The maximum atomic E-state index is 9.91. The van der Waals surface area contributed by atoms with E-state index < -0.39 is 0 Å². The molecule has 0 bridgehead atoms. The van der Waals surface area contributed by atoms with Crippen LogP contribution in [0.15, 0.2) is 12.1 Å². The molecular formula is C27H37N5. The van der Waals surface area contributed by atoms with Crippen LogP contribution in [-0.2, 0) is 25.7 Å². The standard InChI is InChI=1S/C27H37N5/c1-4-9-19-12-14-23(29)22(17-28)26(19)20-11-13-21-24(16-20)30-25(5-2)31-27(21)32-15-8-6-7-10-18(32)3/h12,14,18,20H,4-11,13,15-16,29H2,1-3H3. The van der Waals surface area contributed by atoms with Crippen molar-refractivity contribution in [2.24, 2.45) is 0 Å². The van der Waals surface area contributed by atoms with Crippen molar-refractivity contribution in [3.63, 3.8) is 0 Å². The number of nitriles is 1. The van der Waals surface area contributed by atoms with E-state index >= 15 is 0 Å². The highest BCUT2D eigenvalue weighted by atomic mass is 15.2. The minimum Gasteiger partial charge on any atom is -0.398 e. The molecule has 1 aromatic carbocycles. The Hall–Kier alpha value is -2.61. The van der Waals surface area contributed by atoms with Crippen molar-refractivity contribution < 1.29 is 0 Å². The van der Waals surface area contributed by atoms with Crippen molar-refractivity contribution in [3.05, 3.63) is 45.9 Å². The van der Waals surface area contributed by atoms with Crippen LogP contribution < -0.4 is 10.6 Å². The molecule has 2 unspecified atom stereocenters. The lowest BCUT2D eigenvalue weighted by Crippen LogP contribution is -2.35. The third-order valence-corrected chi connectivity index (χ3v) is 7.35. The summed E-state index contributed by atoms with van der Waals surface area (Å²) in [5, 5.41) is 9.91. The molecule has 4 rings (SSSR count). The van der Waals surface area contributed by atoms with Gasteiger partial charge in [-0.3, -0.25) is 0 Å². The first kappa shape index (κ1) is 22.6. The molecule has 0 spiro atoms. The summed E-state index contributed by atoms with van der Waals surface area (Å²) < 4.78 is 0. The molecule has 1 aromatic heterocycles. The summed E-state index contributed by atoms with van der Waals surface area (Å²) in [4.78, 5) is 12.6. The Balaban J connectivity index is 1.75. The minimum absolute atomic E-state index is 0.288. The number of hydrogen-bond acceptors (Lipinski definition) is 5. The van der Waals surface area contributed by atoms with Crippen molar-refractivity contribution >= 4 is 11.5 Å². The molecule has 2 N–H and O–H groups in total. The van der Waals surface area contributed by atoms with Gasteiger partial charge in [-0.15, -0.1) is 0 Å². The fraction of sp³-hybridized carbons (Fsp3) is 0.593. The Kier molecular flexibility index (Phi) is 6.98. The van der Waals surface area contributed by atoms with E-state index in [1.165, 1.54) is 53.9 Å². The number of anilines is 2. The monoisotopic (exact) mass is 431 g/mol. The number of rotatable bonds is 5. The zero-order valence-electron chi connectivity index (χ0n) is 20.0. The Labute approximate surface area is 193 Å². The molecule has 2 atom stereocenters. The molecule has 170 valence electrons. The van der Waals surface area contributed by atoms with E-state index in [-0.39, 0.29) is 5.92 Å². The van der Waals surface area contributed by atoms with Crippen molar-refractivity contribution in [2.45, 2.75) is 96.9 Å². The molecule has 1 fully saturated rings. The summed E-state index contributed by atoms with van der Waals surface area (Å²) in [6, 6.07) is 6.97. The molecule has 0 radical (unpaired) electrons. The van der Waals surface area contributed by atoms with Gasteiger partial charge in [0.2, 0.25) is 0 Å². The summed E-state index contributed by atoms with van der Waals surface area (Å²) in [5.41, 5.74) is 12.5. The van der Waals surface area contributed by atoms with Crippen LogP contribution in [0.3, 0.4) is 0 Å². The molecule has 1 aliphatic heterocycles. The normalized spacial score (nSPS) is 21.0. The molecule has 5 heteroatoms. The van der Waals surface area contributed by atoms with Crippen LogP contribution in [0.25, 0.3) is 0 Å². The fourth-order valence-electron chi connectivity index (χ4n) is 5.64. The lowest BCUT2D eigenvalue weighted by molar-refractivity contribution is 0.550. The second kappa shape index (κ2) is 9.90. The predicted molar refractivity (Wildman–Crippen MR) is 131 cm³/mol. The number of nitrogens with zero attached hydrogens (tertiary/aromatic N) is 4. The summed E-state index contributed by atoms with van der Waals surface area (Å²) in [6.45, 7) is 7.77. The molecule has 2 heterocycles. The largest absolute Gasteiger partial charge is 0.398 e. The van der Waals surface area contributed by atoms with Crippen molar-refractivity contribution in [1.29, 1.82) is 5.26 Å². The SMILES string of the molecule is CCCc1ccc(N)c(C#N)c1C1CCc2c(nc(CC)nc2N2CCCCCC2C)C1. The number of aryl methyl sites for hydroxylation is 2. The average Bonchev–Trinajstić information content (AvgIpc) is 3.03. The van der Waals surface area contributed by atoms with Crippen LogP contribution >= 0.6 is 0 Å². The Morgan fingerprint density at radius 1 is 1.16 bits per heavy atom. The summed E-state index contributed by atoms with van der Waals surface area (Å²) in [6.07, 6.45) is 10.8. The zero-order valence-corrected chi connectivity index (χ0v) is 20.0. The lowest BCUT2D eigenvalue weighted by Gasteiger charge is -2.34. The molecule has 1 saturated heterocycles.